The molecule has 8 heteroatoms. The van der Waals surface area contributed by atoms with Crippen LogP contribution in [0.2, 0.25) is 0 Å². The maximum absolute atomic E-state index is 13.1. The first kappa shape index (κ1) is 20.1. The Bertz CT molecular complexity index is 901. The Labute approximate surface area is 173 Å². The van der Waals surface area contributed by atoms with Crippen molar-refractivity contribution in [2.45, 2.75) is 45.8 Å². The summed E-state index contributed by atoms with van der Waals surface area (Å²) in [6.45, 7) is 6.21. The van der Waals surface area contributed by atoms with Gasteiger partial charge in [0.25, 0.3) is 0 Å². The highest BCUT2D eigenvalue weighted by molar-refractivity contribution is 7.17. The Hall–Kier alpha value is -2.19. The van der Waals surface area contributed by atoms with Crippen molar-refractivity contribution in [1.29, 1.82) is 0 Å². The van der Waals surface area contributed by atoms with Gasteiger partial charge in [-0.2, -0.15) is 0 Å². The third kappa shape index (κ3) is 3.48. The predicted molar refractivity (Wildman–Crippen MR) is 104 cm³/mol. The highest BCUT2D eigenvalue weighted by Crippen LogP contribution is 2.49. The van der Waals surface area contributed by atoms with E-state index in [0.717, 1.165) is 10.4 Å². The molecule has 1 aromatic rings. The summed E-state index contributed by atoms with van der Waals surface area (Å²) in [7, 11) is 0. The summed E-state index contributed by atoms with van der Waals surface area (Å²) in [4.78, 5) is 38.3. The van der Waals surface area contributed by atoms with Crippen molar-refractivity contribution in [3.63, 3.8) is 0 Å². The molecule has 29 heavy (non-hydrogen) atoms. The molecule has 1 N–H and O–H groups in total. The van der Waals surface area contributed by atoms with Gasteiger partial charge in [0.2, 0.25) is 5.91 Å². The fraction of sp³-hybridized carbons (Fsp3) is 0.571. The number of carboxylic acids is 1. The number of anilines is 1. The highest BCUT2D eigenvalue weighted by atomic mass is 32.1. The molecule has 0 aromatic carbocycles. The van der Waals surface area contributed by atoms with Crippen molar-refractivity contribution in [3.05, 3.63) is 28.2 Å². The lowest BCUT2D eigenvalue weighted by molar-refractivity contribution is -0.313. The zero-order valence-corrected chi connectivity index (χ0v) is 17.5. The summed E-state index contributed by atoms with van der Waals surface area (Å²) in [6.07, 6.45) is 4.95. The fourth-order valence-corrected chi connectivity index (χ4v) is 5.88. The highest BCUT2D eigenvalue weighted by Gasteiger charge is 2.49. The van der Waals surface area contributed by atoms with Crippen LogP contribution in [-0.4, -0.2) is 30.1 Å². The number of allylic oxidation sites excluding steroid dienone is 2. The molecule has 4 rings (SSSR count). The van der Waals surface area contributed by atoms with E-state index in [1.807, 2.05) is 26.0 Å². The van der Waals surface area contributed by atoms with E-state index in [2.05, 4.69) is 5.32 Å². The first-order chi connectivity index (χ1) is 13.7. The maximum Gasteiger partial charge on any atom is 0.341 e. The van der Waals surface area contributed by atoms with Gasteiger partial charge < -0.3 is 24.7 Å². The lowest BCUT2D eigenvalue weighted by atomic mass is 9.82. The van der Waals surface area contributed by atoms with E-state index in [1.165, 1.54) is 11.3 Å². The van der Waals surface area contributed by atoms with Gasteiger partial charge in [0, 0.05) is 23.2 Å². The quantitative estimate of drug-likeness (QED) is 0.578. The standard InChI is InChI=1S/C21H25NO6S/c1-4-27-20(26)16-12-8-21(2,3)28-9-13(12)29-18(16)22-17(23)14-10-5-6-11(7-10)15(14)19(24)25/h5-6,10-11,14-15H,4,7-9H2,1-3H3,(H,22,23)(H,24,25)/p-1/t10-,11+,14-,15+/m1/s1. The number of ether oxygens (including phenoxy) is 2. The molecule has 0 spiro atoms. The molecule has 2 bridgehead atoms. The molecule has 0 radical (unpaired) electrons. The van der Waals surface area contributed by atoms with Crippen molar-refractivity contribution in [2.75, 3.05) is 11.9 Å². The van der Waals surface area contributed by atoms with E-state index in [4.69, 9.17) is 9.47 Å². The summed E-state index contributed by atoms with van der Waals surface area (Å²) >= 11 is 1.29. The van der Waals surface area contributed by atoms with Crippen LogP contribution in [-0.2, 0) is 32.1 Å². The van der Waals surface area contributed by atoms with Gasteiger partial charge in [0.15, 0.2) is 0 Å². The molecule has 156 valence electrons. The second-order valence-electron chi connectivity index (χ2n) is 8.46. The van der Waals surface area contributed by atoms with E-state index in [-0.39, 0.29) is 24.3 Å². The number of hydrogen-bond donors (Lipinski definition) is 1. The van der Waals surface area contributed by atoms with E-state index in [1.54, 1.807) is 6.92 Å². The van der Waals surface area contributed by atoms with E-state index < -0.39 is 29.4 Å². The average Bonchev–Trinajstić information content (AvgIpc) is 3.33. The number of thiophene rings is 1. The van der Waals surface area contributed by atoms with Crippen LogP contribution in [0.5, 0.6) is 0 Å². The van der Waals surface area contributed by atoms with Gasteiger partial charge in [0.05, 0.1) is 30.3 Å². The van der Waals surface area contributed by atoms with Crippen molar-refractivity contribution >= 4 is 34.2 Å². The number of carbonyl (C=O) groups is 3. The van der Waals surface area contributed by atoms with Crippen molar-refractivity contribution < 1.29 is 29.0 Å². The molecule has 2 aliphatic carbocycles. The van der Waals surface area contributed by atoms with Crippen molar-refractivity contribution in [3.8, 4) is 0 Å². The van der Waals surface area contributed by atoms with Gasteiger partial charge in [-0.15, -0.1) is 11.3 Å². The van der Waals surface area contributed by atoms with Gasteiger partial charge in [-0.25, -0.2) is 4.79 Å². The van der Waals surface area contributed by atoms with Crippen LogP contribution in [0.4, 0.5) is 5.00 Å². The first-order valence-electron chi connectivity index (χ1n) is 9.87. The summed E-state index contributed by atoms with van der Waals surface area (Å²) in [5.41, 5.74) is 0.774. The summed E-state index contributed by atoms with van der Waals surface area (Å²) in [6, 6.07) is 0. The Morgan fingerprint density at radius 3 is 2.62 bits per heavy atom. The van der Waals surface area contributed by atoms with Gasteiger partial charge in [-0.05, 0) is 44.6 Å². The van der Waals surface area contributed by atoms with Gasteiger partial charge >= 0.3 is 5.97 Å². The molecule has 1 amide bonds. The van der Waals surface area contributed by atoms with Crippen LogP contribution in [0, 0.1) is 23.7 Å². The average molecular weight is 418 g/mol. The van der Waals surface area contributed by atoms with Gasteiger partial charge in [-0.1, -0.05) is 12.2 Å². The Morgan fingerprint density at radius 2 is 1.97 bits per heavy atom. The van der Waals surface area contributed by atoms with Crippen molar-refractivity contribution in [2.24, 2.45) is 23.7 Å². The molecule has 2 heterocycles. The van der Waals surface area contributed by atoms with Crippen LogP contribution in [0.3, 0.4) is 0 Å². The van der Waals surface area contributed by atoms with E-state index in [0.29, 0.717) is 30.0 Å². The predicted octanol–water partition coefficient (Wildman–Crippen LogP) is 1.90. The number of amides is 1. The number of aliphatic carboxylic acids is 1. The molecule has 1 saturated carbocycles. The number of nitrogens with one attached hydrogen (secondary N) is 1. The van der Waals surface area contributed by atoms with Crippen LogP contribution in [0.25, 0.3) is 0 Å². The third-order valence-electron chi connectivity index (χ3n) is 6.04. The largest absolute Gasteiger partial charge is 0.550 e. The lowest BCUT2D eigenvalue weighted by Gasteiger charge is -2.30. The third-order valence-corrected chi connectivity index (χ3v) is 7.16. The second kappa shape index (κ2) is 7.25. The number of carbonyl (C=O) groups excluding carboxylic acids is 3. The molecule has 1 fully saturated rings. The Kier molecular flexibility index (Phi) is 5.02. The maximum atomic E-state index is 13.1. The smallest absolute Gasteiger partial charge is 0.341 e. The van der Waals surface area contributed by atoms with E-state index in [9.17, 15) is 19.5 Å². The second-order valence-corrected chi connectivity index (χ2v) is 9.57. The number of esters is 1. The van der Waals surface area contributed by atoms with Crippen LogP contribution >= 0.6 is 11.3 Å². The number of carboxylic acid groups (broad SMARTS) is 1. The minimum atomic E-state index is -1.20. The van der Waals surface area contributed by atoms with Crippen LogP contribution in [0.15, 0.2) is 12.2 Å². The first-order valence-corrected chi connectivity index (χ1v) is 10.7. The Morgan fingerprint density at radius 1 is 1.28 bits per heavy atom. The molecule has 3 aliphatic rings. The van der Waals surface area contributed by atoms with Gasteiger partial charge in [0.1, 0.15) is 5.00 Å². The molecule has 4 atom stereocenters. The molecular formula is C21H24NO6S-. The SMILES string of the molecule is CCOC(=O)c1c(NC(=O)[C@H]2[C@@H](C(=O)[O-])[C@H]3C=C[C@@H]2C3)sc2c1CC(C)(C)OC2. The zero-order chi connectivity index (χ0) is 20.9. The molecule has 0 saturated heterocycles. The van der Waals surface area contributed by atoms with E-state index >= 15 is 0 Å². The van der Waals surface area contributed by atoms with Crippen molar-refractivity contribution in [1.82, 2.24) is 0 Å². The van der Waals surface area contributed by atoms with Crippen LogP contribution < -0.4 is 10.4 Å². The fourth-order valence-electron chi connectivity index (χ4n) is 4.76. The van der Waals surface area contributed by atoms with Crippen LogP contribution in [0.1, 0.15) is 48.0 Å². The minimum absolute atomic E-state index is 0.120. The summed E-state index contributed by atoms with van der Waals surface area (Å²) in [5, 5.41) is 14.9. The lowest BCUT2D eigenvalue weighted by Crippen LogP contribution is -2.42. The summed E-state index contributed by atoms with van der Waals surface area (Å²) in [5.74, 6) is -3.90. The Balaban J connectivity index is 1.66. The number of rotatable bonds is 5. The monoisotopic (exact) mass is 418 g/mol. The zero-order valence-electron chi connectivity index (χ0n) is 16.7. The number of fused-ring (bicyclic) bond motifs is 3. The number of hydrogen-bond acceptors (Lipinski definition) is 7. The minimum Gasteiger partial charge on any atom is -0.550 e. The molecule has 1 aliphatic heterocycles. The molecule has 0 unspecified atom stereocenters. The molecular weight excluding hydrogens is 394 g/mol. The normalized spacial score (nSPS) is 28.8. The molecule has 7 nitrogen and oxygen atoms in total. The summed E-state index contributed by atoms with van der Waals surface area (Å²) < 4.78 is 11.1. The molecule has 1 aromatic heterocycles. The topological polar surface area (TPSA) is 105 Å². The van der Waals surface area contributed by atoms with Gasteiger partial charge in [-0.3, -0.25) is 4.79 Å².